The molecule has 3 amide bonds. The number of carboxylic acid groups (broad SMARTS) is 1. The summed E-state index contributed by atoms with van der Waals surface area (Å²) in [5, 5.41) is 14.7. The molecule has 74 valence electrons. The summed E-state index contributed by atoms with van der Waals surface area (Å²) in [4.78, 5) is 31.3. The molecule has 4 N–H and O–H groups in total. The molecular formula is C6H11N3O4. The maximum Gasteiger partial charge on any atom is 0.322 e. The van der Waals surface area contributed by atoms with Gasteiger partial charge in [-0.1, -0.05) is 0 Å². The van der Waals surface area contributed by atoms with E-state index < -0.39 is 24.5 Å². The molecule has 0 spiro atoms. The number of amides is 3. The van der Waals surface area contributed by atoms with Crippen molar-refractivity contribution in [1.29, 1.82) is 0 Å². The van der Waals surface area contributed by atoms with Gasteiger partial charge in [0.15, 0.2) is 0 Å². The van der Waals surface area contributed by atoms with Crippen molar-refractivity contribution in [3.63, 3.8) is 0 Å². The molecule has 0 saturated heterocycles. The molecule has 0 aromatic rings. The highest BCUT2D eigenvalue weighted by Gasteiger charge is 2.04. The minimum absolute atomic E-state index is 0.243. The van der Waals surface area contributed by atoms with E-state index in [0.29, 0.717) is 0 Å². The van der Waals surface area contributed by atoms with Gasteiger partial charge in [-0.05, 0) is 0 Å². The number of carbonyl (C=O) groups excluding carboxylic acids is 2. The van der Waals surface area contributed by atoms with E-state index >= 15 is 0 Å². The molecule has 0 aromatic heterocycles. The van der Waals surface area contributed by atoms with Gasteiger partial charge < -0.3 is 21.1 Å². The molecule has 0 aliphatic rings. The summed E-state index contributed by atoms with van der Waals surface area (Å²) < 4.78 is 0. The Morgan fingerprint density at radius 2 is 1.77 bits per heavy atom. The van der Waals surface area contributed by atoms with E-state index in [4.69, 9.17) is 5.11 Å². The van der Waals surface area contributed by atoms with Gasteiger partial charge in [-0.25, -0.2) is 4.79 Å². The standard InChI is InChI=1S/C6H11N3O4/c1-7-6(13)9-2-4(10)8-3-5(11)12/h2-3H2,1H3,(H,8,10)(H,11,12)(H2,7,9,13). The third-order valence-electron chi connectivity index (χ3n) is 1.07. The summed E-state index contributed by atoms with van der Waals surface area (Å²) >= 11 is 0. The highest BCUT2D eigenvalue weighted by molar-refractivity contribution is 5.85. The monoisotopic (exact) mass is 189 g/mol. The smallest absolute Gasteiger partial charge is 0.322 e. The predicted octanol–water partition coefficient (Wildman–Crippen LogP) is -1.88. The Hall–Kier alpha value is -1.79. The van der Waals surface area contributed by atoms with Crippen LogP contribution in [0, 0.1) is 0 Å². The largest absolute Gasteiger partial charge is 0.480 e. The minimum Gasteiger partial charge on any atom is -0.480 e. The Morgan fingerprint density at radius 3 is 2.23 bits per heavy atom. The number of rotatable bonds is 4. The van der Waals surface area contributed by atoms with Gasteiger partial charge in [0.1, 0.15) is 6.54 Å². The van der Waals surface area contributed by atoms with Crippen LogP contribution in [0.2, 0.25) is 0 Å². The Balaban J connectivity index is 3.52. The maximum absolute atomic E-state index is 10.8. The fourth-order valence-electron chi connectivity index (χ4n) is 0.486. The van der Waals surface area contributed by atoms with Crippen LogP contribution in [-0.4, -0.2) is 43.2 Å². The first-order chi connectivity index (χ1) is 6.06. The van der Waals surface area contributed by atoms with Gasteiger partial charge in [0.05, 0.1) is 6.54 Å². The highest BCUT2D eigenvalue weighted by atomic mass is 16.4. The molecule has 0 atom stereocenters. The van der Waals surface area contributed by atoms with Crippen molar-refractivity contribution in [3.05, 3.63) is 0 Å². The molecule has 0 aliphatic carbocycles. The molecule has 0 aromatic carbocycles. The first-order valence-corrected chi connectivity index (χ1v) is 3.50. The van der Waals surface area contributed by atoms with Crippen LogP contribution in [0.1, 0.15) is 0 Å². The summed E-state index contributed by atoms with van der Waals surface area (Å²) in [5.41, 5.74) is 0. The van der Waals surface area contributed by atoms with Gasteiger partial charge in [-0.15, -0.1) is 0 Å². The average Bonchev–Trinajstić information content (AvgIpc) is 2.10. The molecule has 0 unspecified atom stereocenters. The first kappa shape index (κ1) is 11.2. The van der Waals surface area contributed by atoms with Gasteiger partial charge in [-0.2, -0.15) is 0 Å². The van der Waals surface area contributed by atoms with Crippen LogP contribution >= 0.6 is 0 Å². The predicted molar refractivity (Wildman–Crippen MR) is 43.1 cm³/mol. The van der Waals surface area contributed by atoms with E-state index in [1.807, 2.05) is 0 Å². The molecule has 7 heteroatoms. The van der Waals surface area contributed by atoms with Crippen molar-refractivity contribution >= 4 is 17.9 Å². The lowest BCUT2D eigenvalue weighted by molar-refractivity contribution is -0.137. The minimum atomic E-state index is -1.13. The lowest BCUT2D eigenvalue weighted by Crippen LogP contribution is -2.42. The molecule has 0 fully saturated rings. The van der Waals surface area contributed by atoms with Crippen LogP contribution < -0.4 is 16.0 Å². The van der Waals surface area contributed by atoms with Crippen molar-refractivity contribution in [1.82, 2.24) is 16.0 Å². The molecule has 0 saturated carbocycles. The van der Waals surface area contributed by atoms with Crippen LogP contribution in [0.3, 0.4) is 0 Å². The van der Waals surface area contributed by atoms with Crippen LogP contribution in [-0.2, 0) is 9.59 Å². The molecular weight excluding hydrogens is 178 g/mol. The van der Waals surface area contributed by atoms with E-state index in [2.05, 4.69) is 16.0 Å². The molecule has 0 aliphatic heterocycles. The summed E-state index contributed by atoms with van der Waals surface area (Å²) in [5.74, 6) is -1.68. The first-order valence-electron chi connectivity index (χ1n) is 3.50. The van der Waals surface area contributed by atoms with Gasteiger partial charge in [0, 0.05) is 7.05 Å². The number of carbonyl (C=O) groups is 3. The fourth-order valence-corrected chi connectivity index (χ4v) is 0.486. The van der Waals surface area contributed by atoms with Crippen molar-refractivity contribution in [2.45, 2.75) is 0 Å². The summed E-state index contributed by atoms with van der Waals surface area (Å²) in [6.07, 6.45) is 0. The summed E-state index contributed by atoms with van der Waals surface area (Å²) in [6, 6.07) is -0.495. The van der Waals surface area contributed by atoms with Gasteiger partial charge >= 0.3 is 12.0 Å². The number of urea groups is 1. The topological polar surface area (TPSA) is 108 Å². The van der Waals surface area contributed by atoms with Crippen LogP contribution in [0.4, 0.5) is 4.79 Å². The quantitative estimate of drug-likeness (QED) is 0.415. The number of nitrogens with one attached hydrogen (secondary N) is 3. The van der Waals surface area contributed by atoms with Crippen LogP contribution in [0.25, 0.3) is 0 Å². The van der Waals surface area contributed by atoms with Crippen molar-refractivity contribution in [2.75, 3.05) is 20.1 Å². The van der Waals surface area contributed by atoms with Crippen molar-refractivity contribution < 1.29 is 19.5 Å². The zero-order valence-corrected chi connectivity index (χ0v) is 7.09. The molecule has 0 rings (SSSR count). The molecule has 13 heavy (non-hydrogen) atoms. The Kier molecular flexibility index (Phi) is 5.01. The van der Waals surface area contributed by atoms with E-state index in [1.54, 1.807) is 0 Å². The third-order valence-corrected chi connectivity index (χ3v) is 1.07. The normalized spacial score (nSPS) is 8.69. The Morgan fingerprint density at radius 1 is 1.15 bits per heavy atom. The van der Waals surface area contributed by atoms with Crippen molar-refractivity contribution in [3.8, 4) is 0 Å². The molecule has 0 bridgehead atoms. The number of aliphatic carboxylic acids is 1. The van der Waals surface area contributed by atoms with Gasteiger partial charge in [0.2, 0.25) is 5.91 Å². The fraction of sp³-hybridized carbons (Fsp3) is 0.500. The molecule has 0 radical (unpaired) electrons. The lowest BCUT2D eigenvalue weighted by Gasteiger charge is -2.03. The van der Waals surface area contributed by atoms with E-state index in [0.717, 1.165) is 0 Å². The zero-order chi connectivity index (χ0) is 10.3. The van der Waals surface area contributed by atoms with E-state index in [-0.39, 0.29) is 6.54 Å². The Bertz CT molecular complexity index is 216. The second-order valence-corrected chi connectivity index (χ2v) is 2.10. The molecule has 7 nitrogen and oxygen atoms in total. The van der Waals surface area contributed by atoms with E-state index in [9.17, 15) is 14.4 Å². The number of hydrogen-bond acceptors (Lipinski definition) is 3. The number of carboxylic acids is 1. The second kappa shape index (κ2) is 5.81. The Labute approximate surface area is 74.5 Å². The summed E-state index contributed by atoms with van der Waals surface area (Å²) in [7, 11) is 1.41. The number of hydrogen-bond donors (Lipinski definition) is 4. The zero-order valence-electron chi connectivity index (χ0n) is 7.09. The van der Waals surface area contributed by atoms with E-state index in [1.165, 1.54) is 7.05 Å². The van der Waals surface area contributed by atoms with Gasteiger partial charge in [-0.3, -0.25) is 9.59 Å². The second-order valence-electron chi connectivity index (χ2n) is 2.10. The van der Waals surface area contributed by atoms with Crippen LogP contribution in [0.5, 0.6) is 0 Å². The van der Waals surface area contributed by atoms with Gasteiger partial charge in [0.25, 0.3) is 0 Å². The summed E-state index contributed by atoms with van der Waals surface area (Å²) in [6.45, 7) is -0.693. The maximum atomic E-state index is 10.8. The highest BCUT2D eigenvalue weighted by Crippen LogP contribution is 1.66. The van der Waals surface area contributed by atoms with Crippen molar-refractivity contribution in [2.24, 2.45) is 0 Å². The average molecular weight is 189 g/mol. The lowest BCUT2D eigenvalue weighted by atomic mass is 10.5. The molecule has 0 heterocycles. The third kappa shape index (κ3) is 6.60. The SMILES string of the molecule is CNC(=O)NCC(=O)NCC(=O)O. The van der Waals surface area contributed by atoms with Crippen LogP contribution in [0.15, 0.2) is 0 Å².